The van der Waals surface area contributed by atoms with E-state index in [1.807, 2.05) is 6.07 Å². The van der Waals surface area contributed by atoms with E-state index in [1.165, 1.54) is 19.2 Å². The topological polar surface area (TPSA) is 116 Å². The van der Waals surface area contributed by atoms with Crippen LogP contribution in [0, 0.1) is 10.1 Å². The average Bonchev–Trinajstić information content (AvgIpc) is 2.79. The van der Waals surface area contributed by atoms with Crippen LogP contribution in [0.3, 0.4) is 0 Å². The van der Waals surface area contributed by atoms with Gasteiger partial charge in [0.1, 0.15) is 17.3 Å². The Bertz CT molecular complexity index is 1280. The van der Waals surface area contributed by atoms with E-state index >= 15 is 0 Å². The van der Waals surface area contributed by atoms with Crippen molar-refractivity contribution in [2.24, 2.45) is 0 Å². The number of benzene rings is 3. The van der Waals surface area contributed by atoms with E-state index in [9.17, 15) is 14.9 Å². The van der Waals surface area contributed by atoms with Crippen molar-refractivity contribution in [1.29, 1.82) is 0 Å². The molecular weight excluding hydrogens is 400 g/mol. The smallest absolute Gasteiger partial charge is 0.376 e. The molecule has 0 saturated carbocycles. The average molecular weight is 416 g/mol. The second-order valence-electron chi connectivity index (χ2n) is 6.42. The Morgan fingerprint density at radius 3 is 2.45 bits per heavy atom. The van der Waals surface area contributed by atoms with E-state index < -0.39 is 10.9 Å². The minimum atomic E-state index is -0.694. The van der Waals surface area contributed by atoms with E-state index in [0.29, 0.717) is 28.2 Å². The molecule has 0 spiro atoms. The number of carbonyl (C=O) groups is 1. The third kappa shape index (κ3) is 4.40. The van der Waals surface area contributed by atoms with Crippen molar-refractivity contribution in [3.8, 4) is 11.5 Å². The maximum absolute atomic E-state index is 12.0. The third-order valence-corrected chi connectivity index (χ3v) is 4.31. The Morgan fingerprint density at radius 1 is 0.968 bits per heavy atom. The molecule has 4 aromatic rings. The molecule has 0 aliphatic heterocycles. The lowest BCUT2D eigenvalue weighted by Gasteiger charge is -2.12. The minimum Gasteiger partial charge on any atom is -0.463 e. The molecule has 0 atom stereocenters. The molecule has 1 heterocycles. The van der Waals surface area contributed by atoms with Gasteiger partial charge in [-0.15, -0.1) is 0 Å². The molecule has 0 amide bonds. The molecule has 0 unspecified atom stereocenters. The Hall–Kier alpha value is -4.53. The van der Waals surface area contributed by atoms with Crippen LogP contribution >= 0.6 is 0 Å². The van der Waals surface area contributed by atoms with E-state index in [4.69, 9.17) is 9.47 Å². The van der Waals surface area contributed by atoms with Gasteiger partial charge in [-0.05, 0) is 24.3 Å². The van der Waals surface area contributed by atoms with Gasteiger partial charge >= 0.3 is 5.97 Å². The van der Waals surface area contributed by atoms with Crippen LogP contribution in [0.4, 0.5) is 17.2 Å². The second kappa shape index (κ2) is 8.46. The summed E-state index contributed by atoms with van der Waals surface area (Å²) in [6.45, 7) is 0. The van der Waals surface area contributed by atoms with Crippen molar-refractivity contribution < 1.29 is 19.2 Å². The number of fused-ring (bicyclic) bond motifs is 1. The molecule has 3 aromatic carbocycles. The lowest BCUT2D eigenvalue weighted by atomic mass is 10.2. The Morgan fingerprint density at radius 2 is 1.71 bits per heavy atom. The fourth-order valence-electron chi connectivity index (χ4n) is 2.94. The molecule has 9 nitrogen and oxygen atoms in total. The van der Waals surface area contributed by atoms with Crippen molar-refractivity contribution in [1.82, 2.24) is 9.97 Å². The number of carbonyl (C=O) groups excluding carboxylic acids is 1. The zero-order valence-electron chi connectivity index (χ0n) is 16.3. The third-order valence-electron chi connectivity index (χ3n) is 4.31. The zero-order valence-corrected chi connectivity index (χ0v) is 16.3. The van der Waals surface area contributed by atoms with Gasteiger partial charge in [0.2, 0.25) is 5.82 Å². The molecule has 0 radical (unpaired) electrons. The van der Waals surface area contributed by atoms with Crippen LogP contribution in [-0.4, -0.2) is 28.0 Å². The second-order valence-corrected chi connectivity index (χ2v) is 6.42. The summed E-state index contributed by atoms with van der Waals surface area (Å²) in [4.78, 5) is 31.4. The van der Waals surface area contributed by atoms with Gasteiger partial charge in [-0.25, -0.2) is 14.8 Å². The van der Waals surface area contributed by atoms with Crippen LogP contribution in [0.15, 0.2) is 72.8 Å². The van der Waals surface area contributed by atoms with Crippen molar-refractivity contribution in [3.05, 3.63) is 88.7 Å². The number of para-hydroxylation sites is 2. The van der Waals surface area contributed by atoms with Gasteiger partial charge in [0.05, 0.1) is 29.3 Å². The Balaban J connectivity index is 1.77. The van der Waals surface area contributed by atoms with Crippen molar-refractivity contribution in [2.45, 2.75) is 0 Å². The molecule has 154 valence electrons. The number of rotatable bonds is 6. The highest BCUT2D eigenvalue weighted by atomic mass is 16.6. The number of nitro groups is 1. The Labute approximate surface area is 176 Å². The SMILES string of the molecule is COC(=O)c1nc(Nc2cc(Oc3ccccc3)cc([N+](=O)[O-])c2)c2ccccc2n1. The largest absolute Gasteiger partial charge is 0.463 e. The number of aromatic nitrogens is 2. The lowest BCUT2D eigenvalue weighted by molar-refractivity contribution is -0.384. The van der Waals surface area contributed by atoms with Gasteiger partial charge in [0.25, 0.3) is 5.69 Å². The first-order valence-electron chi connectivity index (χ1n) is 9.18. The van der Waals surface area contributed by atoms with E-state index in [-0.39, 0.29) is 17.3 Å². The van der Waals surface area contributed by atoms with Crippen LogP contribution in [0.1, 0.15) is 10.6 Å². The summed E-state index contributed by atoms with van der Waals surface area (Å²) in [6, 6.07) is 20.3. The summed E-state index contributed by atoms with van der Waals surface area (Å²) < 4.78 is 10.5. The highest BCUT2D eigenvalue weighted by Crippen LogP contribution is 2.32. The molecule has 1 aromatic heterocycles. The number of methoxy groups -OCH3 is 1. The first-order chi connectivity index (χ1) is 15.0. The van der Waals surface area contributed by atoms with Crippen LogP contribution in [0.2, 0.25) is 0 Å². The number of ether oxygens (including phenoxy) is 2. The first-order valence-corrected chi connectivity index (χ1v) is 9.18. The van der Waals surface area contributed by atoms with Crippen molar-refractivity contribution in [3.63, 3.8) is 0 Å². The molecular formula is C22H16N4O5. The number of nitro benzene ring substituents is 1. The predicted octanol–water partition coefficient (Wildman–Crippen LogP) is 4.86. The van der Waals surface area contributed by atoms with Crippen LogP contribution in [-0.2, 0) is 4.74 Å². The quantitative estimate of drug-likeness (QED) is 0.269. The standard InChI is InChI=1S/C22H16N4O5/c1-30-22(27)21-24-19-10-6-5-9-18(19)20(25-21)23-14-11-15(26(28)29)13-17(12-14)31-16-7-3-2-4-8-16/h2-13H,1H3,(H,23,24,25). The number of esters is 1. The molecule has 0 saturated heterocycles. The summed E-state index contributed by atoms with van der Waals surface area (Å²) in [6.07, 6.45) is 0. The highest BCUT2D eigenvalue weighted by molar-refractivity contribution is 5.95. The first kappa shape index (κ1) is 19.8. The number of hydrogen-bond donors (Lipinski definition) is 1. The van der Waals surface area contributed by atoms with Crippen LogP contribution in [0.25, 0.3) is 10.9 Å². The minimum absolute atomic E-state index is 0.130. The van der Waals surface area contributed by atoms with E-state index in [0.717, 1.165) is 0 Å². The van der Waals surface area contributed by atoms with E-state index in [2.05, 4.69) is 15.3 Å². The summed E-state index contributed by atoms with van der Waals surface area (Å²) in [5, 5.41) is 15.1. The number of non-ortho nitro benzene ring substituents is 1. The highest BCUT2D eigenvalue weighted by Gasteiger charge is 2.16. The molecule has 1 N–H and O–H groups in total. The van der Waals surface area contributed by atoms with Gasteiger partial charge in [-0.2, -0.15) is 0 Å². The number of nitrogens with zero attached hydrogens (tertiary/aromatic N) is 3. The monoisotopic (exact) mass is 416 g/mol. The number of nitrogens with one attached hydrogen (secondary N) is 1. The molecule has 0 bridgehead atoms. The maximum atomic E-state index is 12.0. The van der Waals surface area contributed by atoms with Crippen molar-refractivity contribution in [2.75, 3.05) is 12.4 Å². The summed E-state index contributed by atoms with van der Waals surface area (Å²) in [7, 11) is 1.24. The number of hydrogen-bond acceptors (Lipinski definition) is 8. The van der Waals surface area contributed by atoms with Crippen molar-refractivity contribution >= 4 is 34.1 Å². The summed E-state index contributed by atoms with van der Waals surface area (Å²) in [5.41, 5.74) is 0.717. The maximum Gasteiger partial charge on any atom is 0.376 e. The lowest BCUT2D eigenvalue weighted by Crippen LogP contribution is -2.09. The molecule has 31 heavy (non-hydrogen) atoms. The fourth-order valence-corrected chi connectivity index (χ4v) is 2.94. The van der Waals surface area contributed by atoms with E-state index in [1.54, 1.807) is 54.6 Å². The fraction of sp³-hybridized carbons (Fsp3) is 0.0455. The predicted molar refractivity (Wildman–Crippen MR) is 114 cm³/mol. The van der Waals surface area contributed by atoms with Gasteiger partial charge in [0, 0.05) is 17.5 Å². The molecule has 0 aliphatic rings. The molecule has 9 heteroatoms. The molecule has 4 rings (SSSR count). The van der Waals surface area contributed by atoms with Crippen LogP contribution < -0.4 is 10.1 Å². The van der Waals surface area contributed by atoms with Gasteiger partial charge in [-0.1, -0.05) is 30.3 Å². The zero-order chi connectivity index (χ0) is 21.8. The van der Waals surface area contributed by atoms with Gasteiger partial charge in [-0.3, -0.25) is 10.1 Å². The normalized spacial score (nSPS) is 10.5. The Kier molecular flexibility index (Phi) is 5.39. The van der Waals surface area contributed by atoms with Gasteiger partial charge in [0.15, 0.2) is 0 Å². The summed E-state index contributed by atoms with van der Waals surface area (Å²) >= 11 is 0. The molecule has 0 fully saturated rings. The summed E-state index contributed by atoms with van der Waals surface area (Å²) in [5.74, 6) is 0.289. The number of anilines is 2. The van der Waals surface area contributed by atoms with Crippen LogP contribution in [0.5, 0.6) is 11.5 Å². The van der Waals surface area contributed by atoms with Gasteiger partial charge < -0.3 is 14.8 Å². The molecule has 0 aliphatic carbocycles.